The third-order valence-corrected chi connectivity index (χ3v) is 14.6. The quantitative estimate of drug-likeness (QED) is 0.0343. The van der Waals surface area contributed by atoms with Gasteiger partial charge in [-0.15, -0.1) is 0 Å². The van der Waals surface area contributed by atoms with Gasteiger partial charge in [0.25, 0.3) is 0 Å². The second-order valence-corrected chi connectivity index (χ2v) is 22.1. The molecule has 0 saturated heterocycles. The van der Waals surface area contributed by atoms with Crippen LogP contribution in [0.1, 0.15) is 349 Å². The number of hydrogen-bond donors (Lipinski definition) is 0. The van der Waals surface area contributed by atoms with Gasteiger partial charge in [0.15, 0.2) is 6.10 Å². The second-order valence-electron chi connectivity index (χ2n) is 22.1. The Balaban J connectivity index is 4.29. The van der Waals surface area contributed by atoms with Gasteiger partial charge in [0, 0.05) is 19.3 Å². The molecule has 0 spiro atoms. The molecule has 0 radical (unpaired) electrons. The number of carbonyl (C=O) groups excluding carboxylic acids is 3. The zero-order valence-electron chi connectivity index (χ0n) is 46.7. The minimum Gasteiger partial charge on any atom is -0.462 e. The molecule has 1 unspecified atom stereocenters. The molecule has 0 heterocycles. The summed E-state index contributed by atoms with van der Waals surface area (Å²) in [4.78, 5) is 38.2. The molecule has 0 aromatic rings. The van der Waals surface area contributed by atoms with Crippen LogP contribution in [0.2, 0.25) is 0 Å². The van der Waals surface area contributed by atoms with Gasteiger partial charge in [0.2, 0.25) is 0 Å². The van der Waals surface area contributed by atoms with E-state index in [-0.39, 0.29) is 31.1 Å². The zero-order chi connectivity index (χ0) is 49.6. The van der Waals surface area contributed by atoms with E-state index in [2.05, 4.69) is 34.6 Å². The maximum atomic E-state index is 12.9. The van der Waals surface area contributed by atoms with E-state index in [1.807, 2.05) is 0 Å². The van der Waals surface area contributed by atoms with E-state index < -0.39 is 6.10 Å². The highest BCUT2D eigenvalue weighted by atomic mass is 16.6. The summed E-state index contributed by atoms with van der Waals surface area (Å²) in [5.74, 6) is 0.893. The number of carbonyl (C=O) groups is 3. The monoisotopic (exact) mass is 961 g/mol. The molecule has 0 aromatic carbocycles. The van der Waals surface area contributed by atoms with Crippen molar-refractivity contribution in [2.24, 2.45) is 11.8 Å². The van der Waals surface area contributed by atoms with Crippen molar-refractivity contribution >= 4 is 17.9 Å². The van der Waals surface area contributed by atoms with Crippen LogP contribution in [0.4, 0.5) is 0 Å². The Morgan fingerprint density at radius 2 is 0.559 bits per heavy atom. The first-order chi connectivity index (χ1) is 33.3. The molecule has 0 rings (SSSR count). The summed E-state index contributed by atoms with van der Waals surface area (Å²) in [6.07, 6.45) is 59.5. The van der Waals surface area contributed by atoms with Crippen molar-refractivity contribution in [2.45, 2.75) is 355 Å². The van der Waals surface area contributed by atoms with E-state index in [4.69, 9.17) is 14.2 Å². The molecule has 0 bridgehead atoms. The predicted octanol–water partition coefficient (Wildman–Crippen LogP) is 20.4. The van der Waals surface area contributed by atoms with Crippen LogP contribution >= 0.6 is 0 Å². The number of hydrogen-bond acceptors (Lipinski definition) is 6. The molecule has 0 aliphatic heterocycles. The first-order valence-electron chi connectivity index (χ1n) is 30.8. The SMILES string of the molecule is CCCCCCCCCCCCCCCCCCCC(=O)OC[C@@H](COC(=O)CCCCCCCCCCCCCCCCC(C)CC)OC(=O)CCCCCCCCCCCCCCC(C)C. The number of rotatable bonds is 56. The third kappa shape index (κ3) is 53.8. The van der Waals surface area contributed by atoms with Crippen LogP contribution < -0.4 is 0 Å². The Morgan fingerprint density at radius 1 is 0.309 bits per heavy atom. The molecule has 0 aromatic heterocycles. The number of unbranched alkanes of at least 4 members (excludes halogenated alkanes) is 40. The summed E-state index contributed by atoms with van der Waals surface area (Å²) in [7, 11) is 0. The van der Waals surface area contributed by atoms with Crippen LogP contribution in [0.5, 0.6) is 0 Å². The van der Waals surface area contributed by atoms with Gasteiger partial charge in [-0.1, -0.05) is 311 Å². The van der Waals surface area contributed by atoms with Gasteiger partial charge in [-0.05, 0) is 31.1 Å². The molecule has 0 saturated carbocycles. The van der Waals surface area contributed by atoms with Gasteiger partial charge in [0.05, 0.1) is 0 Å². The second kappa shape index (κ2) is 54.7. The average Bonchev–Trinajstić information content (AvgIpc) is 3.32. The molecular formula is C62H120O6. The summed E-state index contributed by atoms with van der Waals surface area (Å²) < 4.78 is 16.9. The van der Waals surface area contributed by atoms with Crippen molar-refractivity contribution in [3.63, 3.8) is 0 Å². The van der Waals surface area contributed by atoms with Crippen molar-refractivity contribution < 1.29 is 28.6 Å². The fourth-order valence-electron chi connectivity index (χ4n) is 9.55. The maximum absolute atomic E-state index is 12.9. The molecule has 2 atom stereocenters. The Bertz CT molecular complexity index is 1040. The summed E-state index contributed by atoms with van der Waals surface area (Å²) in [6, 6.07) is 0. The highest BCUT2D eigenvalue weighted by Crippen LogP contribution is 2.19. The highest BCUT2D eigenvalue weighted by molar-refractivity contribution is 5.71. The van der Waals surface area contributed by atoms with Crippen molar-refractivity contribution in [1.82, 2.24) is 0 Å². The Labute approximate surface area is 425 Å². The Hall–Kier alpha value is -1.59. The van der Waals surface area contributed by atoms with Crippen molar-refractivity contribution in [2.75, 3.05) is 13.2 Å². The van der Waals surface area contributed by atoms with Crippen LogP contribution in [-0.4, -0.2) is 37.2 Å². The fourth-order valence-corrected chi connectivity index (χ4v) is 9.55. The van der Waals surface area contributed by atoms with E-state index in [1.165, 1.54) is 238 Å². The smallest absolute Gasteiger partial charge is 0.306 e. The van der Waals surface area contributed by atoms with E-state index >= 15 is 0 Å². The first kappa shape index (κ1) is 66.4. The molecule has 0 aliphatic rings. The fraction of sp³-hybridized carbons (Fsp3) is 0.952. The molecule has 6 nitrogen and oxygen atoms in total. The topological polar surface area (TPSA) is 78.9 Å². The Kier molecular flexibility index (Phi) is 53.5. The van der Waals surface area contributed by atoms with Gasteiger partial charge in [-0.3, -0.25) is 14.4 Å². The van der Waals surface area contributed by atoms with Crippen molar-refractivity contribution in [1.29, 1.82) is 0 Å². The van der Waals surface area contributed by atoms with Crippen LogP contribution in [0.3, 0.4) is 0 Å². The number of esters is 3. The lowest BCUT2D eigenvalue weighted by atomic mass is 9.99. The highest BCUT2D eigenvalue weighted by Gasteiger charge is 2.19. The molecule has 404 valence electrons. The molecular weight excluding hydrogens is 841 g/mol. The van der Waals surface area contributed by atoms with Crippen LogP contribution in [-0.2, 0) is 28.6 Å². The van der Waals surface area contributed by atoms with E-state index in [0.717, 1.165) is 69.6 Å². The van der Waals surface area contributed by atoms with Crippen LogP contribution in [0, 0.1) is 11.8 Å². The molecule has 68 heavy (non-hydrogen) atoms. The van der Waals surface area contributed by atoms with Crippen molar-refractivity contribution in [3.05, 3.63) is 0 Å². The summed E-state index contributed by atoms with van der Waals surface area (Å²) in [6.45, 7) is 11.5. The van der Waals surface area contributed by atoms with Crippen LogP contribution in [0.15, 0.2) is 0 Å². The van der Waals surface area contributed by atoms with Gasteiger partial charge >= 0.3 is 17.9 Å². The molecule has 0 amide bonds. The van der Waals surface area contributed by atoms with E-state index in [1.54, 1.807) is 0 Å². The summed E-state index contributed by atoms with van der Waals surface area (Å²) in [5, 5.41) is 0. The molecule has 6 heteroatoms. The Morgan fingerprint density at radius 3 is 0.838 bits per heavy atom. The summed E-state index contributed by atoms with van der Waals surface area (Å²) in [5.41, 5.74) is 0. The lowest BCUT2D eigenvalue weighted by molar-refractivity contribution is -0.167. The molecule has 0 fully saturated rings. The zero-order valence-corrected chi connectivity index (χ0v) is 46.7. The number of ether oxygens (including phenoxy) is 3. The maximum Gasteiger partial charge on any atom is 0.306 e. The predicted molar refractivity (Wildman–Crippen MR) is 293 cm³/mol. The van der Waals surface area contributed by atoms with Gasteiger partial charge in [-0.25, -0.2) is 0 Å². The van der Waals surface area contributed by atoms with E-state index in [0.29, 0.717) is 19.3 Å². The molecule has 0 N–H and O–H groups in total. The third-order valence-electron chi connectivity index (χ3n) is 14.6. The first-order valence-corrected chi connectivity index (χ1v) is 30.8. The van der Waals surface area contributed by atoms with Crippen LogP contribution in [0.25, 0.3) is 0 Å². The van der Waals surface area contributed by atoms with Gasteiger partial charge in [0.1, 0.15) is 13.2 Å². The standard InChI is InChI=1S/C62H120O6/c1-6-8-9-10-11-12-13-14-15-16-17-21-27-32-37-42-47-52-60(63)66-55-59(68-62(65)54-49-44-39-34-29-24-23-25-30-35-40-45-50-57(3)4)56-67-61(64)53-48-43-38-33-28-22-19-18-20-26-31-36-41-46-51-58(5)7-2/h57-59H,6-56H2,1-5H3/t58?,59-/m0/s1. The largest absolute Gasteiger partial charge is 0.462 e. The van der Waals surface area contributed by atoms with E-state index in [9.17, 15) is 14.4 Å². The average molecular weight is 962 g/mol. The summed E-state index contributed by atoms with van der Waals surface area (Å²) >= 11 is 0. The minimum absolute atomic E-state index is 0.0622. The minimum atomic E-state index is -0.763. The van der Waals surface area contributed by atoms with Crippen molar-refractivity contribution in [3.8, 4) is 0 Å². The molecule has 0 aliphatic carbocycles. The lowest BCUT2D eigenvalue weighted by Crippen LogP contribution is -2.30. The normalized spacial score (nSPS) is 12.4. The van der Waals surface area contributed by atoms with Gasteiger partial charge < -0.3 is 14.2 Å². The lowest BCUT2D eigenvalue weighted by Gasteiger charge is -2.18. The van der Waals surface area contributed by atoms with Gasteiger partial charge in [-0.2, -0.15) is 0 Å².